The standard InChI is InChI=1S/C15H21NO2/c1-3-4-5-9-16-12-14-8-6-7-13(10-14)11-15(17)18-2/h3-4,6-8,10,16H,5,9,11-12H2,1-2H3/b4-3+. The Morgan fingerprint density at radius 2 is 2.17 bits per heavy atom. The van der Waals surface area contributed by atoms with Crippen molar-refractivity contribution in [3.63, 3.8) is 0 Å². The molecule has 98 valence electrons. The summed E-state index contributed by atoms with van der Waals surface area (Å²) in [5, 5.41) is 3.36. The third-order valence-electron chi connectivity index (χ3n) is 2.62. The average molecular weight is 247 g/mol. The first-order valence-corrected chi connectivity index (χ1v) is 6.22. The van der Waals surface area contributed by atoms with E-state index in [0.717, 1.165) is 25.1 Å². The van der Waals surface area contributed by atoms with Gasteiger partial charge >= 0.3 is 5.97 Å². The van der Waals surface area contributed by atoms with Crippen LogP contribution in [0.2, 0.25) is 0 Å². The molecule has 0 saturated carbocycles. The second kappa shape index (κ2) is 8.48. The first-order chi connectivity index (χ1) is 8.76. The molecule has 18 heavy (non-hydrogen) atoms. The number of hydrogen-bond acceptors (Lipinski definition) is 3. The second-order valence-electron chi connectivity index (χ2n) is 4.11. The molecule has 0 radical (unpaired) electrons. The van der Waals surface area contributed by atoms with E-state index in [4.69, 9.17) is 0 Å². The van der Waals surface area contributed by atoms with Crippen molar-refractivity contribution in [2.75, 3.05) is 13.7 Å². The van der Waals surface area contributed by atoms with Gasteiger partial charge in [0.15, 0.2) is 0 Å². The molecule has 0 spiro atoms. The Balaban J connectivity index is 2.41. The Kier molecular flexibility index (Phi) is 6.81. The molecule has 0 atom stereocenters. The highest BCUT2D eigenvalue weighted by Gasteiger charge is 2.03. The highest BCUT2D eigenvalue weighted by atomic mass is 16.5. The number of rotatable bonds is 7. The van der Waals surface area contributed by atoms with Gasteiger partial charge in [-0.25, -0.2) is 0 Å². The molecule has 0 aliphatic carbocycles. The van der Waals surface area contributed by atoms with Gasteiger partial charge in [0.2, 0.25) is 0 Å². The molecule has 0 heterocycles. The van der Waals surface area contributed by atoms with E-state index < -0.39 is 0 Å². The number of nitrogens with one attached hydrogen (secondary N) is 1. The van der Waals surface area contributed by atoms with Crippen LogP contribution in [-0.4, -0.2) is 19.6 Å². The largest absolute Gasteiger partial charge is 0.469 e. The zero-order valence-corrected chi connectivity index (χ0v) is 11.1. The lowest BCUT2D eigenvalue weighted by molar-refractivity contribution is -0.139. The Hall–Kier alpha value is -1.61. The number of hydrogen-bond donors (Lipinski definition) is 1. The van der Waals surface area contributed by atoms with E-state index in [2.05, 4.69) is 28.3 Å². The normalized spacial score (nSPS) is 10.8. The van der Waals surface area contributed by atoms with Crippen molar-refractivity contribution in [3.05, 3.63) is 47.5 Å². The minimum atomic E-state index is -0.201. The van der Waals surface area contributed by atoms with Crippen molar-refractivity contribution < 1.29 is 9.53 Å². The molecule has 3 heteroatoms. The van der Waals surface area contributed by atoms with Crippen molar-refractivity contribution in [1.82, 2.24) is 5.32 Å². The second-order valence-corrected chi connectivity index (χ2v) is 4.11. The highest BCUT2D eigenvalue weighted by Crippen LogP contribution is 2.06. The Morgan fingerprint density at radius 3 is 2.89 bits per heavy atom. The van der Waals surface area contributed by atoms with Crippen LogP contribution in [-0.2, 0) is 22.5 Å². The van der Waals surface area contributed by atoms with E-state index in [1.165, 1.54) is 12.7 Å². The Labute approximate surface area is 109 Å². The average Bonchev–Trinajstić information content (AvgIpc) is 2.39. The fourth-order valence-electron chi connectivity index (χ4n) is 1.67. The van der Waals surface area contributed by atoms with Crippen molar-refractivity contribution in [1.29, 1.82) is 0 Å². The lowest BCUT2D eigenvalue weighted by Gasteiger charge is -2.06. The van der Waals surface area contributed by atoms with E-state index in [0.29, 0.717) is 6.42 Å². The van der Waals surface area contributed by atoms with Crippen molar-refractivity contribution >= 4 is 5.97 Å². The number of ether oxygens (including phenoxy) is 1. The molecule has 0 aromatic heterocycles. The van der Waals surface area contributed by atoms with Crippen LogP contribution in [0.5, 0.6) is 0 Å². The summed E-state index contributed by atoms with van der Waals surface area (Å²) in [5.41, 5.74) is 2.19. The maximum absolute atomic E-state index is 11.2. The predicted molar refractivity (Wildman–Crippen MR) is 73.3 cm³/mol. The summed E-state index contributed by atoms with van der Waals surface area (Å²) in [5.74, 6) is -0.201. The van der Waals surface area contributed by atoms with Crippen LogP contribution in [0, 0.1) is 0 Å². The van der Waals surface area contributed by atoms with Gasteiger partial charge in [-0.3, -0.25) is 4.79 Å². The van der Waals surface area contributed by atoms with Gasteiger partial charge in [-0.1, -0.05) is 36.4 Å². The van der Waals surface area contributed by atoms with Crippen LogP contribution in [0.3, 0.4) is 0 Å². The summed E-state index contributed by atoms with van der Waals surface area (Å²) in [6.45, 7) is 3.81. The molecular formula is C15H21NO2. The first kappa shape index (κ1) is 14.5. The summed E-state index contributed by atoms with van der Waals surface area (Å²) >= 11 is 0. The number of allylic oxidation sites excluding steroid dienone is 1. The lowest BCUT2D eigenvalue weighted by Crippen LogP contribution is -2.14. The fourth-order valence-corrected chi connectivity index (χ4v) is 1.67. The topological polar surface area (TPSA) is 38.3 Å². The van der Waals surface area contributed by atoms with Crippen LogP contribution in [0.25, 0.3) is 0 Å². The van der Waals surface area contributed by atoms with Crippen molar-refractivity contribution in [2.24, 2.45) is 0 Å². The molecule has 0 amide bonds. The first-order valence-electron chi connectivity index (χ1n) is 6.22. The van der Waals surface area contributed by atoms with Crippen molar-refractivity contribution in [2.45, 2.75) is 26.3 Å². The molecule has 0 aliphatic rings. The van der Waals surface area contributed by atoms with Crippen LogP contribution < -0.4 is 5.32 Å². The van der Waals surface area contributed by atoms with Gasteiger partial charge in [-0.2, -0.15) is 0 Å². The summed E-state index contributed by atoms with van der Waals surface area (Å²) in [4.78, 5) is 11.2. The van der Waals surface area contributed by atoms with Gasteiger partial charge in [-0.15, -0.1) is 0 Å². The summed E-state index contributed by atoms with van der Waals surface area (Å²) in [6, 6.07) is 8.02. The number of carbonyl (C=O) groups is 1. The minimum Gasteiger partial charge on any atom is -0.469 e. The number of esters is 1. The van der Waals surface area contributed by atoms with Gasteiger partial charge in [0, 0.05) is 6.54 Å². The molecule has 0 saturated heterocycles. The molecule has 1 rings (SSSR count). The quantitative estimate of drug-likeness (QED) is 0.457. The van der Waals surface area contributed by atoms with E-state index in [1.807, 2.05) is 25.1 Å². The van der Waals surface area contributed by atoms with E-state index in [9.17, 15) is 4.79 Å². The van der Waals surface area contributed by atoms with Gasteiger partial charge in [0.25, 0.3) is 0 Å². The maximum Gasteiger partial charge on any atom is 0.309 e. The van der Waals surface area contributed by atoms with E-state index in [1.54, 1.807) is 0 Å². The fraction of sp³-hybridized carbons (Fsp3) is 0.400. The van der Waals surface area contributed by atoms with E-state index >= 15 is 0 Å². The molecule has 3 nitrogen and oxygen atoms in total. The van der Waals surface area contributed by atoms with Gasteiger partial charge in [0.05, 0.1) is 13.5 Å². The maximum atomic E-state index is 11.2. The van der Waals surface area contributed by atoms with Gasteiger partial charge < -0.3 is 10.1 Å². The van der Waals surface area contributed by atoms with Crippen LogP contribution in [0.1, 0.15) is 24.5 Å². The van der Waals surface area contributed by atoms with Crippen LogP contribution in [0.15, 0.2) is 36.4 Å². The molecule has 0 fully saturated rings. The highest BCUT2D eigenvalue weighted by molar-refractivity contribution is 5.72. The van der Waals surface area contributed by atoms with Crippen molar-refractivity contribution in [3.8, 4) is 0 Å². The molecule has 0 bridgehead atoms. The Bertz CT molecular complexity index is 399. The molecule has 0 unspecified atom stereocenters. The molecule has 0 aliphatic heterocycles. The third-order valence-corrected chi connectivity index (χ3v) is 2.62. The predicted octanol–water partition coefficient (Wildman–Crippen LogP) is 2.46. The molecular weight excluding hydrogens is 226 g/mol. The van der Waals surface area contributed by atoms with Crippen LogP contribution >= 0.6 is 0 Å². The van der Waals surface area contributed by atoms with E-state index in [-0.39, 0.29) is 5.97 Å². The monoisotopic (exact) mass is 247 g/mol. The third kappa shape index (κ3) is 5.64. The van der Waals surface area contributed by atoms with Crippen LogP contribution in [0.4, 0.5) is 0 Å². The molecule has 1 N–H and O–H groups in total. The summed E-state index contributed by atoms with van der Waals surface area (Å²) in [6.07, 6.45) is 5.57. The number of carbonyl (C=O) groups excluding carboxylic acids is 1. The van der Waals surface area contributed by atoms with Gasteiger partial charge in [0.1, 0.15) is 0 Å². The summed E-state index contributed by atoms with van der Waals surface area (Å²) < 4.78 is 4.66. The zero-order chi connectivity index (χ0) is 13.2. The molecule has 1 aromatic rings. The molecule has 1 aromatic carbocycles. The SMILES string of the molecule is C/C=C/CCNCc1cccc(CC(=O)OC)c1. The number of benzene rings is 1. The summed E-state index contributed by atoms with van der Waals surface area (Å²) in [7, 11) is 1.41. The zero-order valence-electron chi connectivity index (χ0n) is 11.1. The van der Waals surface area contributed by atoms with Gasteiger partial charge in [-0.05, 0) is 31.0 Å². The Morgan fingerprint density at radius 1 is 1.39 bits per heavy atom. The smallest absolute Gasteiger partial charge is 0.309 e. The minimum absolute atomic E-state index is 0.201. The lowest BCUT2D eigenvalue weighted by atomic mass is 10.1. The number of methoxy groups -OCH3 is 1.